The second-order valence-corrected chi connectivity index (χ2v) is 11.8. The van der Waals surface area contributed by atoms with Gasteiger partial charge in [0.1, 0.15) is 0 Å². The van der Waals surface area contributed by atoms with Crippen LogP contribution in [-0.4, -0.2) is 13.8 Å². The van der Waals surface area contributed by atoms with Gasteiger partial charge in [-0.1, -0.05) is 97.1 Å². The summed E-state index contributed by atoms with van der Waals surface area (Å²) in [6, 6.07) is 41.7. The minimum Gasteiger partial charge on any atom is -0.375 e. The molecule has 42 heavy (non-hydrogen) atoms. The van der Waals surface area contributed by atoms with E-state index in [-0.39, 0.29) is 11.5 Å². The van der Waals surface area contributed by atoms with Crippen LogP contribution in [0.25, 0.3) is 33.5 Å². The van der Waals surface area contributed by atoms with E-state index in [4.69, 9.17) is 4.98 Å². The predicted octanol–water partition coefficient (Wildman–Crippen LogP) is 8.04. The minimum absolute atomic E-state index is 0.174. The molecule has 0 spiro atoms. The molecule has 3 aromatic heterocycles. The monoisotopic (exact) mass is 542 g/mol. The van der Waals surface area contributed by atoms with E-state index in [1.807, 2.05) is 0 Å². The third-order valence-electron chi connectivity index (χ3n) is 9.54. The molecule has 2 aliphatic rings. The minimum atomic E-state index is -0.363. The van der Waals surface area contributed by atoms with Crippen molar-refractivity contribution < 1.29 is 0 Å². The zero-order valence-electron chi connectivity index (χ0n) is 23.5. The number of hydrogen-bond donors (Lipinski definition) is 1. The molecule has 2 unspecified atom stereocenters. The van der Waals surface area contributed by atoms with Crippen LogP contribution in [0.3, 0.4) is 0 Å². The van der Waals surface area contributed by atoms with Crippen LogP contribution >= 0.6 is 0 Å². The molecule has 0 fully saturated rings. The highest BCUT2D eigenvalue weighted by atomic mass is 15.2. The maximum absolute atomic E-state index is 5.12. The largest absolute Gasteiger partial charge is 0.375 e. The van der Waals surface area contributed by atoms with Gasteiger partial charge >= 0.3 is 0 Å². The lowest BCUT2D eigenvalue weighted by atomic mass is 9.77. The second-order valence-electron chi connectivity index (χ2n) is 11.8. The molecule has 0 saturated carbocycles. The smallest absolute Gasteiger partial charge is 0.219 e. The number of nitrogens with one attached hydrogen (secondary N) is 1. The van der Waals surface area contributed by atoms with Crippen LogP contribution < -0.4 is 5.32 Å². The highest BCUT2D eigenvalue weighted by Gasteiger charge is 2.38. The van der Waals surface area contributed by atoms with E-state index < -0.39 is 0 Å². The van der Waals surface area contributed by atoms with Crippen LogP contribution in [0.1, 0.15) is 40.8 Å². The summed E-state index contributed by atoms with van der Waals surface area (Å²) in [6.45, 7) is 2.34. The fourth-order valence-corrected chi connectivity index (χ4v) is 7.60. The molecule has 7 aromatic rings. The molecule has 0 bridgehead atoms. The molecule has 4 aromatic carbocycles. The zero-order chi connectivity index (χ0) is 27.8. The van der Waals surface area contributed by atoms with Crippen molar-refractivity contribution >= 4 is 22.3 Å². The van der Waals surface area contributed by atoms with Crippen LogP contribution in [-0.2, 0) is 18.4 Å². The van der Waals surface area contributed by atoms with Gasteiger partial charge in [0, 0.05) is 35.5 Å². The number of benzene rings is 4. The molecule has 202 valence electrons. The van der Waals surface area contributed by atoms with Crippen molar-refractivity contribution in [3.63, 3.8) is 0 Å². The Morgan fingerprint density at radius 1 is 0.786 bits per heavy atom. The van der Waals surface area contributed by atoms with Gasteiger partial charge < -0.3 is 5.32 Å². The Labute approximate surface area is 244 Å². The van der Waals surface area contributed by atoms with Gasteiger partial charge in [0.15, 0.2) is 0 Å². The van der Waals surface area contributed by atoms with Crippen molar-refractivity contribution in [2.24, 2.45) is 0 Å². The summed E-state index contributed by atoms with van der Waals surface area (Å²) < 4.78 is 4.66. The molecule has 4 heteroatoms. The van der Waals surface area contributed by atoms with E-state index in [0.717, 1.165) is 29.7 Å². The van der Waals surface area contributed by atoms with Crippen LogP contribution in [0.4, 0.5) is 0 Å². The van der Waals surface area contributed by atoms with Gasteiger partial charge in [-0.05, 0) is 65.4 Å². The van der Waals surface area contributed by atoms with Gasteiger partial charge in [-0.3, -0.25) is 8.80 Å². The highest BCUT2D eigenvalue weighted by molar-refractivity contribution is 5.91. The molecule has 1 N–H and O–H groups in total. The Bertz CT molecular complexity index is 2200. The fraction of sp³-hybridized carbons (Fsp3) is 0.132. The Balaban J connectivity index is 1.29. The molecule has 0 amide bonds. The third kappa shape index (κ3) is 3.21. The summed E-state index contributed by atoms with van der Waals surface area (Å²) in [6.07, 6.45) is 6.36. The maximum atomic E-state index is 5.12. The Kier molecular flexibility index (Phi) is 4.89. The van der Waals surface area contributed by atoms with E-state index in [1.54, 1.807) is 0 Å². The van der Waals surface area contributed by atoms with Gasteiger partial charge in [-0.2, -0.15) is 0 Å². The highest BCUT2D eigenvalue weighted by Crippen LogP contribution is 2.47. The average Bonchev–Trinajstić information content (AvgIpc) is 3.65. The third-order valence-corrected chi connectivity index (χ3v) is 9.54. The number of allylic oxidation sites excluding steroid dienone is 2. The summed E-state index contributed by atoms with van der Waals surface area (Å²) in [5.41, 5.74) is 13.6. The molecule has 0 saturated heterocycles. The van der Waals surface area contributed by atoms with Gasteiger partial charge in [0.25, 0.3) is 0 Å². The van der Waals surface area contributed by atoms with Gasteiger partial charge in [0.05, 0.1) is 22.1 Å². The summed E-state index contributed by atoms with van der Waals surface area (Å²) in [7, 11) is 0. The van der Waals surface area contributed by atoms with Crippen molar-refractivity contribution in [1.82, 2.24) is 19.1 Å². The molecule has 2 atom stereocenters. The molecular formula is C38H30N4. The lowest BCUT2D eigenvalue weighted by Crippen LogP contribution is -2.41. The summed E-state index contributed by atoms with van der Waals surface area (Å²) in [5.74, 6) is 1.14. The van der Waals surface area contributed by atoms with Crippen molar-refractivity contribution in [1.29, 1.82) is 0 Å². The second kappa shape index (κ2) is 8.70. The molecule has 1 aliphatic heterocycles. The zero-order valence-corrected chi connectivity index (χ0v) is 23.5. The lowest BCUT2D eigenvalue weighted by Gasteiger charge is -2.38. The molecule has 9 rings (SSSR count). The number of aromatic nitrogens is 3. The number of para-hydroxylation sites is 2. The van der Waals surface area contributed by atoms with E-state index in [0.29, 0.717) is 0 Å². The topological polar surface area (TPSA) is 33.7 Å². The van der Waals surface area contributed by atoms with Crippen LogP contribution in [0.2, 0.25) is 0 Å². The van der Waals surface area contributed by atoms with Crippen molar-refractivity contribution in [3.05, 3.63) is 161 Å². The van der Waals surface area contributed by atoms with E-state index in [2.05, 4.69) is 149 Å². The molecule has 4 heterocycles. The molecule has 4 nitrogen and oxygen atoms in total. The number of rotatable bonds is 2. The first-order valence-corrected chi connectivity index (χ1v) is 14.8. The maximum Gasteiger partial charge on any atom is 0.219 e. The summed E-state index contributed by atoms with van der Waals surface area (Å²) in [5, 5.41) is 4.15. The molecule has 1 aliphatic carbocycles. The van der Waals surface area contributed by atoms with Gasteiger partial charge in [-0.25, -0.2) is 4.98 Å². The van der Waals surface area contributed by atoms with Crippen LogP contribution in [0.15, 0.2) is 133 Å². The summed E-state index contributed by atoms with van der Waals surface area (Å²) >= 11 is 0. The lowest BCUT2D eigenvalue weighted by molar-refractivity contribution is 0.465. The normalized spacial score (nSPS) is 19.5. The van der Waals surface area contributed by atoms with E-state index in [9.17, 15) is 0 Å². The first-order valence-electron chi connectivity index (χ1n) is 14.8. The van der Waals surface area contributed by atoms with Gasteiger partial charge in [-0.15, -0.1) is 0 Å². The first-order chi connectivity index (χ1) is 20.7. The standard InChI is InChI=1S/C38H30N4/c1-38(26-13-3-2-4-14-26)30-17-8-5-12-25(30)21-22-31(40-38)29-24-35-36(28-16-7-6-15-27(28)29)34-20-11-23-41(34)37-39-32-18-9-10-19-33(32)42(35)37/h2-20,22-23,29,40H,21,24H2,1H3. The van der Waals surface area contributed by atoms with E-state index in [1.165, 1.54) is 50.3 Å². The molecular weight excluding hydrogens is 512 g/mol. The average molecular weight is 543 g/mol. The fourth-order valence-electron chi connectivity index (χ4n) is 7.60. The Morgan fingerprint density at radius 3 is 2.48 bits per heavy atom. The van der Waals surface area contributed by atoms with Crippen molar-refractivity contribution in [2.45, 2.75) is 31.2 Å². The van der Waals surface area contributed by atoms with Gasteiger partial charge in [0.2, 0.25) is 5.78 Å². The summed E-state index contributed by atoms with van der Waals surface area (Å²) in [4.78, 5) is 5.12. The Morgan fingerprint density at radius 2 is 1.55 bits per heavy atom. The number of nitrogens with zero attached hydrogens (tertiary/aromatic N) is 3. The number of fused-ring (bicyclic) bond motifs is 11. The quantitative estimate of drug-likeness (QED) is 0.240. The Hall–Kier alpha value is -5.09. The number of imidazole rings is 1. The van der Waals surface area contributed by atoms with E-state index >= 15 is 0 Å². The van der Waals surface area contributed by atoms with Crippen LogP contribution in [0.5, 0.6) is 0 Å². The first kappa shape index (κ1) is 23.6. The van der Waals surface area contributed by atoms with Crippen molar-refractivity contribution in [3.8, 4) is 11.1 Å². The van der Waals surface area contributed by atoms with Crippen LogP contribution in [0, 0.1) is 0 Å². The SMILES string of the molecule is CC1(c2ccccc2)NC(C2Cc3c(c4cccn4c4nc5ccccc5n34)-c3ccccc32)=CCc2ccccc21. The number of hydrogen-bond acceptors (Lipinski definition) is 2. The van der Waals surface area contributed by atoms with Crippen molar-refractivity contribution in [2.75, 3.05) is 0 Å². The molecule has 0 radical (unpaired) electrons. The predicted molar refractivity (Wildman–Crippen MR) is 170 cm³/mol.